The summed E-state index contributed by atoms with van der Waals surface area (Å²) in [6.45, 7) is 0.486. The SMILES string of the molecule is CNC(=O)c1ccc(Nc2nc3cccc(-c4cccc(CN)c4)n3n2)cc1. The molecule has 28 heavy (non-hydrogen) atoms. The van der Waals surface area contributed by atoms with Crippen molar-refractivity contribution in [2.24, 2.45) is 5.73 Å². The number of aromatic nitrogens is 3. The van der Waals surface area contributed by atoms with E-state index in [4.69, 9.17) is 5.73 Å². The van der Waals surface area contributed by atoms with Gasteiger partial charge in [0.1, 0.15) is 0 Å². The third kappa shape index (κ3) is 3.43. The summed E-state index contributed by atoms with van der Waals surface area (Å²) in [5.41, 5.74) is 10.9. The van der Waals surface area contributed by atoms with Gasteiger partial charge in [0.15, 0.2) is 5.65 Å². The van der Waals surface area contributed by atoms with Crippen LogP contribution in [0.4, 0.5) is 11.6 Å². The van der Waals surface area contributed by atoms with Gasteiger partial charge < -0.3 is 16.4 Å². The van der Waals surface area contributed by atoms with Gasteiger partial charge in [-0.05, 0) is 48.0 Å². The first kappa shape index (κ1) is 17.7. The number of amides is 1. The number of hydrogen-bond acceptors (Lipinski definition) is 5. The molecule has 0 radical (unpaired) electrons. The fraction of sp³-hybridized carbons (Fsp3) is 0.0952. The van der Waals surface area contributed by atoms with E-state index in [0.29, 0.717) is 18.1 Å². The number of hydrogen-bond donors (Lipinski definition) is 3. The first-order valence-corrected chi connectivity index (χ1v) is 8.92. The maximum absolute atomic E-state index is 11.7. The molecule has 4 aromatic rings. The van der Waals surface area contributed by atoms with Crippen LogP contribution in [0.3, 0.4) is 0 Å². The number of nitrogens with zero attached hydrogens (tertiary/aromatic N) is 3. The molecule has 2 heterocycles. The molecule has 1 amide bonds. The average molecular weight is 372 g/mol. The number of pyridine rings is 1. The van der Waals surface area contributed by atoms with Crippen LogP contribution in [0.2, 0.25) is 0 Å². The van der Waals surface area contributed by atoms with Gasteiger partial charge in [-0.25, -0.2) is 4.52 Å². The highest BCUT2D eigenvalue weighted by molar-refractivity contribution is 5.94. The molecule has 4 N–H and O–H groups in total. The molecule has 0 aliphatic rings. The maximum Gasteiger partial charge on any atom is 0.251 e. The minimum absolute atomic E-state index is 0.123. The van der Waals surface area contributed by atoms with Crippen molar-refractivity contribution in [1.29, 1.82) is 0 Å². The van der Waals surface area contributed by atoms with Crippen LogP contribution >= 0.6 is 0 Å². The predicted molar refractivity (Wildman–Crippen MR) is 109 cm³/mol. The van der Waals surface area contributed by atoms with Crippen molar-refractivity contribution in [3.05, 3.63) is 77.9 Å². The first-order chi connectivity index (χ1) is 13.7. The fourth-order valence-electron chi connectivity index (χ4n) is 3.01. The van der Waals surface area contributed by atoms with Crippen LogP contribution in [-0.4, -0.2) is 27.6 Å². The Balaban J connectivity index is 1.66. The van der Waals surface area contributed by atoms with Crippen molar-refractivity contribution < 1.29 is 4.79 Å². The topological polar surface area (TPSA) is 97.3 Å². The zero-order valence-electron chi connectivity index (χ0n) is 15.4. The summed E-state index contributed by atoms with van der Waals surface area (Å²) in [7, 11) is 1.61. The van der Waals surface area contributed by atoms with E-state index < -0.39 is 0 Å². The zero-order valence-corrected chi connectivity index (χ0v) is 15.4. The Hall–Kier alpha value is -3.71. The van der Waals surface area contributed by atoms with E-state index in [1.54, 1.807) is 23.7 Å². The normalized spacial score (nSPS) is 10.8. The molecule has 0 bridgehead atoms. The number of carbonyl (C=O) groups excluding carboxylic acids is 1. The van der Waals surface area contributed by atoms with E-state index in [9.17, 15) is 4.79 Å². The Morgan fingerprint density at radius 3 is 2.61 bits per heavy atom. The Morgan fingerprint density at radius 1 is 1.07 bits per heavy atom. The van der Waals surface area contributed by atoms with Crippen LogP contribution in [0.5, 0.6) is 0 Å². The van der Waals surface area contributed by atoms with Crippen LogP contribution < -0.4 is 16.4 Å². The minimum atomic E-state index is -0.123. The summed E-state index contributed by atoms with van der Waals surface area (Å²) in [6.07, 6.45) is 0. The molecular formula is C21H20N6O. The molecule has 0 aliphatic carbocycles. The van der Waals surface area contributed by atoms with E-state index in [2.05, 4.69) is 26.8 Å². The van der Waals surface area contributed by atoms with Crippen molar-refractivity contribution in [2.75, 3.05) is 12.4 Å². The molecule has 7 heteroatoms. The Labute approximate surface area is 162 Å². The highest BCUT2D eigenvalue weighted by Gasteiger charge is 2.10. The third-order valence-corrected chi connectivity index (χ3v) is 4.45. The number of nitrogens with one attached hydrogen (secondary N) is 2. The molecule has 0 unspecified atom stereocenters. The van der Waals surface area contributed by atoms with E-state index in [0.717, 1.165) is 28.2 Å². The van der Waals surface area contributed by atoms with Gasteiger partial charge in [-0.1, -0.05) is 24.3 Å². The molecule has 2 aromatic heterocycles. The van der Waals surface area contributed by atoms with Gasteiger partial charge in [0.25, 0.3) is 5.91 Å². The summed E-state index contributed by atoms with van der Waals surface area (Å²) in [6, 6.07) is 21.1. The molecule has 140 valence electrons. The Kier molecular flexibility index (Phi) is 4.74. The van der Waals surface area contributed by atoms with Crippen LogP contribution in [0, 0.1) is 0 Å². The van der Waals surface area contributed by atoms with Crippen molar-refractivity contribution in [1.82, 2.24) is 19.9 Å². The number of nitrogens with two attached hydrogens (primary N) is 1. The quantitative estimate of drug-likeness (QED) is 0.500. The lowest BCUT2D eigenvalue weighted by atomic mass is 10.1. The highest BCUT2D eigenvalue weighted by Crippen LogP contribution is 2.23. The van der Waals surface area contributed by atoms with Crippen molar-refractivity contribution >= 4 is 23.2 Å². The molecule has 2 aromatic carbocycles. The van der Waals surface area contributed by atoms with Crippen LogP contribution in [0.1, 0.15) is 15.9 Å². The molecular weight excluding hydrogens is 352 g/mol. The van der Waals surface area contributed by atoms with Gasteiger partial charge in [-0.2, -0.15) is 4.98 Å². The van der Waals surface area contributed by atoms with Gasteiger partial charge in [0.2, 0.25) is 5.95 Å². The van der Waals surface area contributed by atoms with Gasteiger partial charge in [-0.15, -0.1) is 5.10 Å². The molecule has 4 rings (SSSR count). The minimum Gasteiger partial charge on any atom is -0.355 e. The summed E-state index contributed by atoms with van der Waals surface area (Å²) in [5.74, 6) is 0.358. The standard InChI is InChI=1S/C21H20N6O/c1-23-20(28)15-8-10-17(11-9-15)24-21-25-19-7-3-6-18(27(19)26-21)16-5-2-4-14(12-16)13-22/h2-12H,13,22H2,1H3,(H,23,28)(H,24,26). The predicted octanol–water partition coefficient (Wildman–Crippen LogP) is 2.96. The Morgan fingerprint density at radius 2 is 1.86 bits per heavy atom. The number of carbonyl (C=O) groups is 1. The van der Waals surface area contributed by atoms with Gasteiger partial charge >= 0.3 is 0 Å². The first-order valence-electron chi connectivity index (χ1n) is 8.92. The molecule has 0 aliphatic heterocycles. The largest absolute Gasteiger partial charge is 0.355 e. The van der Waals surface area contributed by atoms with Crippen molar-refractivity contribution in [2.45, 2.75) is 6.54 Å². The molecule has 0 saturated heterocycles. The Bertz CT molecular complexity index is 1130. The average Bonchev–Trinajstić information content (AvgIpc) is 3.16. The van der Waals surface area contributed by atoms with Gasteiger partial charge in [0.05, 0.1) is 5.69 Å². The van der Waals surface area contributed by atoms with E-state index in [1.807, 2.05) is 48.5 Å². The molecule has 0 atom stereocenters. The number of anilines is 2. The summed E-state index contributed by atoms with van der Waals surface area (Å²) < 4.78 is 1.80. The second-order valence-corrected chi connectivity index (χ2v) is 6.30. The lowest BCUT2D eigenvalue weighted by Gasteiger charge is -2.06. The number of benzene rings is 2. The second kappa shape index (κ2) is 7.50. The smallest absolute Gasteiger partial charge is 0.251 e. The second-order valence-electron chi connectivity index (χ2n) is 6.30. The summed E-state index contributed by atoms with van der Waals surface area (Å²) in [4.78, 5) is 16.2. The fourth-order valence-corrected chi connectivity index (χ4v) is 3.01. The monoisotopic (exact) mass is 372 g/mol. The molecule has 7 nitrogen and oxygen atoms in total. The molecule has 0 fully saturated rings. The summed E-state index contributed by atoms with van der Waals surface area (Å²) >= 11 is 0. The summed E-state index contributed by atoms with van der Waals surface area (Å²) in [5, 5.41) is 10.4. The van der Waals surface area contributed by atoms with Gasteiger partial charge in [-0.3, -0.25) is 4.79 Å². The van der Waals surface area contributed by atoms with E-state index >= 15 is 0 Å². The lowest BCUT2D eigenvalue weighted by Crippen LogP contribution is -2.17. The van der Waals surface area contributed by atoms with Crippen molar-refractivity contribution in [3.8, 4) is 11.3 Å². The number of fused-ring (bicyclic) bond motifs is 1. The van der Waals surface area contributed by atoms with E-state index in [1.165, 1.54) is 0 Å². The highest BCUT2D eigenvalue weighted by atomic mass is 16.1. The van der Waals surface area contributed by atoms with Gasteiger partial charge in [0, 0.05) is 30.4 Å². The number of rotatable bonds is 5. The maximum atomic E-state index is 11.7. The van der Waals surface area contributed by atoms with E-state index in [-0.39, 0.29) is 5.91 Å². The van der Waals surface area contributed by atoms with Crippen LogP contribution in [-0.2, 0) is 6.54 Å². The zero-order chi connectivity index (χ0) is 19.5. The van der Waals surface area contributed by atoms with Crippen molar-refractivity contribution in [3.63, 3.8) is 0 Å². The lowest BCUT2D eigenvalue weighted by molar-refractivity contribution is 0.0963. The van der Waals surface area contributed by atoms with Crippen LogP contribution in [0.25, 0.3) is 16.9 Å². The van der Waals surface area contributed by atoms with Crippen LogP contribution in [0.15, 0.2) is 66.7 Å². The third-order valence-electron chi connectivity index (χ3n) is 4.45. The molecule has 0 spiro atoms. The molecule has 0 saturated carbocycles.